The summed E-state index contributed by atoms with van der Waals surface area (Å²) < 4.78 is 0. The molecular weight excluding hydrogens is 174 g/mol. The summed E-state index contributed by atoms with van der Waals surface area (Å²) in [5, 5.41) is 0. The van der Waals surface area contributed by atoms with E-state index >= 15 is 0 Å². The minimum absolute atomic E-state index is 0.137. The standard InChI is InChI=1S/C12H15NO/c1-10(14)11-4-6-12(7-5-11)13-8-2-3-9-13/h4-7H,2-3,8-9H2,1H3. The number of hydrogen-bond donors (Lipinski definition) is 0. The highest BCUT2D eigenvalue weighted by molar-refractivity contribution is 5.94. The molecule has 0 spiro atoms. The Morgan fingerprint density at radius 2 is 1.71 bits per heavy atom. The quantitative estimate of drug-likeness (QED) is 0.666. The van der Waals surface area contributed by atoms with Crippen molar-refractivity contribution >= 4 is 11.5 Å². The first-order valence-corrected chi connectivity index (χ1v) is 5.13. The predicted octanol–water partition coefficient (Wildman–Crippen LogP) is 2.49. The summed E-state index contributed by atoms with van der Waals surface area (Å²) in [6, 6.07) is 7.91. The molecule has 0 radical (unpaired) electrons. The van der Waals surface area contributed by atoms with Crippen molar-refractivity contribution < 1.29 is 4.79 Å². The van der Waals surface area contributed by atoms with E-state index < -0.39 is 0 Å². The van der Waals surface area contributed by atoms with Gasteiger partial charge in [0.2, 0.25) is 0 Å². The SMILES string of the molecule is CC(=O)c1ccc(N2CCCC2)cc1. The fraction of sp³-hybridized carbons (Fsp3) is 0.417. The van der Waals surface area contributed by atoms with Crippen LogP contribution in [0.15, 0.2) is 24.3 Å². The molecule has 74 valence electrons. The molecular formula is C12H15NO. The minimum Gasteiger partial charge on any atom is -0.372 e. The van der Waals surface area contributed by atoms with Gasteiger partial charge in [0.05, 0.1) is 0 Å². The first-order chi connectivity index (χ1) is 6.77. The van der Waals surface area contributed by atoms with Crippen LogP contribution < -0.4 is 4.90 Å². The number of hydrogen-bond acceptors (Lipinski definition) is 2. The summed E-state index contributed by atoms with van der Waals surface area (Å²) in [7, 11) is 0. The lowest BCUT2D eigenvalue weighted by Crippen LogP contribution is -2.17. The lowest BCUT2D eigenvalue weighted by molar-refractivity contribution is 0.101. The summed E-state index contributed by atoms with van der Waals surface area (Å²) in [4.78, 5) is 13.4. The molecule has 1 heterocycles. The fourth-order valence-electron chi connectivity index (χ4n) is 1.88. The van der Waals surface area contributed by atoms with E-state index in [2.05, 4.69) is 4.90 Å². The van der Waals surface area contributed by atoms with Crippen molar-refractivity contribution in [2.45, 2.75) is 19.8 Å². The van der Waals surface area contributed by atoms with Gasteiger partial charge in [-0.1, -0.05) is 0 Å². The second-order valence-corrected chi connectivity index (χ2v) is 3.80. The molecule has 1 aliphatic rings. The van der Waals surface area contributed by atoms with E-state index in [4.69, 9.17) is 0 Å². The molecule has 14 heavy (non-hydrogen) atoms. The number of carbonyl (C=O) groups excluding carboxylic acids is 1. The molecule has 1 fully saturated rings. The van der Waals surface area contributed by atoms with Gasteiger partial charge in [0.25, 0.3) is 0 Å². The maximum absolute atomic E-state index is 11.1. The van der Waals surface area contributed by atoms with Crippen LogP contribution in [0, 0.1) is 0 Å². The second-order valence-electron chi connectivity index (χ2n) is 3.80. The van der Waals surface area contributed by atoms with Crippen molar-refractivity contribution in [1.29, 1.82) is 0 Å². The number of Topliss-reactive ketones (excluding diaryl/α,β-unsaturated/α-hetero) is 1. The largest absolute Gasteiger partial charge is 0.372 e. The highest BCUT2D eigenvalue weighted by Crippen LogP contribution is 2.20. The van der Waals surface area contributed by atoms with Crippen LogP contribution in [0.3, 0.4) is 0 Å². The molecule has 2 nitrogen and oxygen atoms in total. The molecule has 1 aromatic carbocycles. The Bertz CT molecular complexity index is 323. The smallest absolute Gasteiger partial charge is 0.159 e. The molecule has 0 unspecified atom stereocenters. The van der Waals surface area contributed by atoms with Crippen molar-refractivity contribution in [3.05, 3.63) is 29.8 Å². The lowest BCUT2D eigenvalue weighted by atomic mass is 10.1. The maximum Gasteiger partial charge on any atom is 0.159 e. The Morgan fingerprint density at radius 1 is 1.14 bits per heavy atom. The monoisotopic (exact) mass is 189 g/mol. The van der Waals surface area contributed by atoms with Crippen molar-refractivity contribution in [3.63, 3.8) is 0 Å². The van der Waals surface area contributed by atoms with E-state index in [1.54, 1.807) is 6.92 Å². The van der Waals surface area contributed by atoms with Gasteiger partial charge in [0.1, 0.15) is 0 Å². The van der Waals surface area contributed by atoms with Crippen LogP contribution in [-0.4, -0.2) is 18.9 Å². The summed E-state index contributed by atoms with van der Waals surface area (Å²) >= 11 is 0. The average molecular weight is 189 g/mol. The fourth-order valence-corrected chi connectivity index (χ4v) is 1.88. The molecule has 0 aliphatic carbocycles. The topological polar surface area (TPSA) is 20.3 Å². The molecule has 0 bridgehead atoms. The first-order valence-electron chi connectivity index (χ1n) is 5.13. The molecule has 0 atom stereocenters. The van der Waals surface area contributed by atoms with Gasteiger partial charge in [-0.3, -0.25) is 4.79 Å². The third kappa shape index (κ3) is 1.79. The summed E-state index contributed by atoms with van der Waals surface area (Å²) in [5.74, 6) is 0.137. The minimum atomic E-state index is 0.137. The van der Waals surface area contributed by atoms with Gasteiger partial charge < -0.3 is 4.90 Å². The van der Waals surface area contributed by atoms with Gasteiger partial charge >= 0.3 is 0 Å². The Hall–Kier alpha value is -1.31. The summed E-state index contributed by atoms with van der Waals surface area (Å²) in [6.07, 6.45) is 2.57. The Kier molecular flexibility index (Phi) is 2.53. The van der Waals surface area contributed by atoms with Crippen molar-refractivity contribution in [2.24, 2.45) is 0 Å². The zero-order valence-corrected chi connectivity index (χ0v) is 8.49. The number of ketones is 1. The van der Waals surface area contributed by atoms with Gasteiger partial charge in [-0.2, -0.15) is 0 Å². The van der Waals surface area contributed by atoms with Crippen molar-refractivity contribution in [1.82, 2.24) is 0 Å². The summed E-state index contributed by atoms with van der Waals surface area (Å²) in [6.45, 7) is 3.91. The average Bonchev–Trinajstić information content (AvgIpc) is 2.71. The van der Waals surface area contributed by atoms with E-state index in [1.165, 1.54) is 18.5 Å². The number of benzene rings is 1. The zero-order valence-electron chi connectivity index (χ0n) is 8.49. The van der Waals surface area contributed by atoms with E-state index in [1.807, 2.05) is 24.3 Å². The van der Waals surface area contributed by atoms with Crippen LogP contribution in [0.4, 0.5) is 5.69 Å². The van der Waals surface area contributed by atoms with Crippen molar-refractivity contribution in [2.75, 3.05) is 18.0 Å². The second kappa shape index (κ2) is 3.82. The molecule has 0 aromatic heterocycles. The molecule has 1 aliphatic heterocycles. The van der Waals surface area contributed by atoms with Crippen LogP contribution in [0.25, 0.3) is 0 Å². The number of nitrogens with zero attached hydrogens (tertiary/aromatic N) is 1. The van der Waals surface area contributed by atoms with Gasteiger partial charge in [-0.25, -0.2) is 0 Å². The normalized spacial score (nSPS) is 15.9. The molecule has 0 saturated carbocycles. The number of anilines is 1. The van der Waals surface area contributed by atoms with E-state index in [-0.39, 0.29) is 5.78 Å². The Balaban J connectivity index is 2.16. The lowest BCUT2D eigenvalue weighted by Gasteiger charge is -2.17. The van der Waals surface area contributed by atoms with Gasteiger partial charge in [-0.05, 0) is 44.0 Å². The highest BCUT2D eigenvalue weighted by Gasteiger charge is 2.11. The van der Waals surface area contributed by atoms with Crippen molar-refractivity contribution in [3.8, 4) is 0 Å². The summed E-state index contributed by atoms with van der Waals surface area (Å²) in [5.41, 5.74) is 2.04. The third-order valence-electron chi connectivity index (χ3n) is 2.75. The number of carbonyl (C=O) groups is 1. The molecule has 2 rings (SSSR count). The number of rotatable bonds is 2. The molecule has 0 amide bonds. The van der Waals surface area contributed by atoms with Gasteiger partial charge in [-0.15, -0.1) is 0 Å². The van der Waals surface area contributed by atoms with Crippen LogP contribution >= 0.6 is 0 Å². The Labute approximate surface area is 84.5 Å². The zero-order chi connectivity index (χ0) is 9.97. The molecule has 1 saturated heterocycles. The van der Waals surface area contributed by atoms with Gasteiger partial charge in [0, 0.05) is 24.3 Å². The van der Waals surface area contributed by atoms with Crippen LogP contribution in [0.1, 0.15) is 30.1 Å². The molecule has 0 N–H and O–H groups in total. The maximum atomic E-state index is 11.1. The molecule has 1 aromatic rings. The Morgan fingerprint density at radius 3 is 2.21 bits per heavy atom. The molecule has 2 heteroatoms. The van der Waals surface area contributed by atoms with E-state index in [0.29, 0.717) is 0 Å². The predicted molar refractivity (Wildman–Crippen MR) is 57.9 cm³/mol. The van der Waals surface area contributed by atoms with Crippen LogP contribution in [-0.2, 0) is 0 Å². The van der Waals surface area contributed by atoms with Crippen LogP contribution in [0.2, 0.25) is 0 Å². The first kappa shape index (κ1) is 9.25. The van der Waals surface area contributed by atoms with Crippen LogP contribution in [0.5, 0.6) is 0 Å². The van der Waals surface area contributed by atoms with E-state index in [9.17, 15) is 4.79 Å². The highest BCUT2D eigenvalue weighted by atomic mass is 16.1. The van der Waals surface area contributed by atoms with Gasteiger partial charge in [0.15, 0.2) is 5.78 Å². The third-order valence-corrected chi connectivity index (χ3v) is 2.75. The van der Waals surface area contributed by atoms with E-state index in [0.717, 1.165) is 18.7 Å².